The summed E-state index contributed by atoms with van der Waals surface area (Å²) >= 11 is 0. The maximum absolute atomic E-state index is 5.92. The molecule has 0 spiro atoms. The maximum Gasteiger partial charge on any atom is 0.123 e. The van der Waals surface area contributed by atoms with Crippen LogP contribution in [0.5, 0.6) is 5.75 Å². The van der Waals surface area contributed by atoms with Gasteiger partial charge in [-0.15, -0.1) is 0 Å². The molecule has 2 heteroatoms. The van der Waals surface area contributed by atoms with Crippen molar-refractivity contribution in [2.75, 3.05) is 6.54 Å². The Labute approximate surface area is 97.0 Å². The van der Waals surface area contributed by atoms with Gasteiger partial charge in [0.25, 0.3) is 0 Å². The molecule has 1 aliphatic carbocycles. The van der Waals surface area contributed by atoms with Crippen molar-refractivity contribution >= 4 is 0 Å². The molecule has 0 radical (unpaired) electrons. The third kappa shape index (κ3) is 1.94. The summed E-state index contributed by atoms with van der Waals surface area (Å²) < 4.78 is 5.92. The van der Waals surface area contributed by atoms with Gasteiger partial charge in [0.1, 0.15) is 11.9 Å². The minimum absolute atomic E-state index is 0.328. The third-order valence-electron chi connectivity index (χ3n) is 3.71. The first kappa shape index (κ1) is 10.2. The second-order valence-electron chi connectivity index (χ2n) is 5.50. The van der Waals surface area contributed by atoms with Gasteiger partial charge in [-0.05, 0) is 38.3 Å². The topological polar surface area (TPSA) is 21.3 Å². The highest BCUT2D eigenvalue weighted by atomic mass is 16.5. The molecule has 0 bridgehead atoms. The van der Waals surface area contributed by atoms with Gasteiger partial charge in [0, 0.05) is 18.5 Å². The highest BCUT2D eigenvalue weighted by Crippen LogP contribution is 2.35. The van der Waals surface area contributed by atoms with Crippen molar-refractivity contribution in [2.45, 2.75) is 44.8 Å². The van der Waals surface area contributed by atoms with Crippen molar-refractivity contribution in [1.29, 1.82) is 0 Å². The van der Waals surface area contributed by atoms with Gasteiger partial charge in [-0.2, -0.15) is 0 Å². The van der Waals surface area contributed by atoms with Crippen LogP contribution in [0.3, 0.4) is 0 Å². The molecule has 1 heterocycles. The molecule has 1 N–H and O–H groups in total. The normalized spacial score (nSPS) is 25.0. The van der Waals surface area contributed by atoms with Gasteiger partial charge in [-0.1, -0.05) is 17.7 Å². The molecule has 3 rings (SSSR count). The fourth-order valence-corrected chi connectivity index (χ4v) is 2.29. The lowest BCUT2D eigenvalue weighted by Crippen LogP contribution is -2.37. The van der Waals surface area contributed by atoms with Crippen LogP contribution in [0.4, 0.5) is 0 Å². The van der Waals surface area contributed by atoms with Crippen LogP contribution in [0.1, 0.15) is 30.9 Å². The Balaban J connectivity index is 1.62. The number of benzene rings is 1. The maximum atomic E-state index is 5.92. The highest BCUT2D eigenvalue weighted by molar-refractivity contribution is 5.40. The van der Waals surface area contributed by atoms with E-state index in [0.29, 0.717) is 11.6 Å². The van der Waals surface area contributed by atoms with Crippen LogP contribution in [0.25, 0.3) is 0 Å². The Bertz CT molecular complexity index is 409. The molecule has 0 amide bonds. The molecule has 1 atom stereocenters. The summed E-state index contributed by atoms with van der Waals surface area (Å²) in [6.07, 6.45) is 4.01. The summed E-state index contributed by atoms with van der Waals surface area (Å²) in [5, 5.41) is 3.60. The van der Waals surface area contributed by atoms with E-state index in [1.807, 2.05) is 0 Å². The van der Waals surface area contributed by atoms with Crippen LogP contribution in [0, 0.1) is 6.92 Å². The van der Waals surface area contributed by atoms with E-state index >= 15 is 0 Å². The Kier molecular flexibility index (Phi) is 2.21. The molecule has 1 aliphatic heterocycles. The number of hydrogen-bond donors (Lipinski definition) is 1. The predicted octanol–water partition coefficient (Wildman–Crippen LogP) is 2.44. The summed E-state index contributed by atoms with van der Waals surface area (Å²) in [6, 6.07) is 6.47. The van der Waals surface area contributed by atoms with Crippen LogP contribution in [-0.4, -0.2) is 18.2 Å². The van der Waals surface area contributed by atoms with Crippen LogP contribution < -0.4 is 10.1 Å². The molecule has 2 aliphatic rings. The first-order valence-corrected chi connectivity index (χ1v) is 6.16. The van der Waals surface area contributed by atoms with Gasteiger partial charge in [0.15, 0.2) is 0 Å². The van der Waals surface area contributed by atoms with E-state index in [1.165, 1.54) is 24.0 Å². The van der Waals surface area contributed by atoms with E-state index in [9.17, 15) is 0 Å². The molecule has 16 heavy (non-hydrogen) atoms. The molecule has 1 saturated carbocycles. The Morgan fingerprint density at radius 2 is 2.25 bits per heavy atom. The third-order valence-corrected chi connectivity index (χ3v) is 3.71. The van der Waals surface area contributed by atoms with E-state index in [0.717, 1.165) is 18.7 Å². The zero-order valence-corrected chi connectivity index (χ0v) is 10.0. The quantitative estimate of drug-likeness (QED) is 0.839. The van der Waals surface area contributed by atoms with E-state index < -0.39 is 0 Å². The zero-order valence-electron chi connectivity index (χ0n) is 10.0. The SMILES string of the molecule is Cc1ccc2c(c1)CC(CNC1(C)CC1)O2. The van der Waals surface area contributed by atoms with Gasteiger partial charge in [0.05, 0.1) is 0 Å². The van der Waals surface area contributed by atoms with Crippen LogP contribution in [0.2, 0.25) is 0 Å². The van der Waals surface area contributed by atoms with Gasteiger partial charge >= 0.3 is 0 Å². The lowest BCUT2D eigenvalue weighted by Gasteiger charge is -2.15. The number of ether oxygens (including phenoxy) is 1. The van der Waals surface area contributed by atoms with Crippen LogP contribution in [-0.2, 0) is 6.42 Å². The number of rotatable bonds is 3. The molecule has 0 aromatic heterocycles. The van der Waals surface area contributed by atoms with Crippen molar-refractivity contribution in [2.24, 2.45) is 0 Å². The lowest BCUT2D eigenvalue weighted by molar-refractivity contribution is 0.220. The molecule has 1 unspecified atom stereocenters. The second kappa shape index (κ2) is 3.49. The molecule has 2 nitrogen and oxygen atoms in total. The predicted molar refractivity (Wildman–Crippen MR) is 64.9 cm³/mol. The first-order valence-electron chi connectivity index (χ1n) is 6.16. The molecular weight excluding hydrogens is 198 g/mol. The van der Waals surface area contributed by atoms with Gasteiger partial charge in [-0.3, -0.25) is 0 Å². The van der Waals surface area contributed by atoms with Crippen molar-refractivity contribution in [3.8, 4) is 5.75 Å². The first-order chi connectivity index (χ1) is 7.65. The molecule has 1 aromatic rings. The van der Waals surface area contributed by atoms with Crippen molar-refractivity contribution in [3.05, 3.63) is 29.3 Å². The van der Waals surface area contributed by atoms with E-state index in [-0.39, 0.29) is 0 Å². The summed E-state index contributed by atoms with van der Waals surface area (Å²) in [5.41, 5.74) is 3.10. The number of fused-ring (bicyclic) bond motifs is 1. The summed E-state index contributed by atoms with van der Waals surface area (Å²) in [4.78, 5) is 0. The largest absolute Gasteiger partial charge is 0.488 e. The second-order valence-corrected chi connectivity index (χ2v) is 5.50. The summed E-state index contributed by atoms with van der Waals surface area (Å²) in [5.74, 6) is 1.08. The van der Waals surface area contributed by atoms with Gasteiger partial charge in [0.2, 0.25) is 0 Å². The standard InChI is InChI=1S/C14H19NO/c1-10-3-4-13-11(7-10)8-12(16-13)9-15-14(2)5-6-14/h3-4,7,12,15H,5-6,8-9H2,1-2H3. The van der Waals surface area contributed by atoms with Crippen LogP contribution >= 0.6 is 0 Å². The lowest BCUT2D eigenvalue weighted by atomic mass is 10.1. The van der Waals surface area contributed by atoms with Crippen molar-refractivity contribution < 1.29 is 4.74 Å². The van der Waals surface area contributed by atoms with Gasteiger partial charge in [-0.25, -0.2) is 0 Å². The van der Waals surface area contributed by atoms with Crippen molar-refractivity contribution in [1.82, 2.24) is 5.32 Å². The van der Waals surface area contributed by atoms with E-state index in [1.54, 1.807) is 0 Å². The average molecular weight is 217 g/mol. The minimum atomic E-state index is 0.328. The molecule has 86 valence electrons. The van der Waals surface area contributed by atoms with E-state index in [2.05, 4.69) is 37.4 Å². The van der Waals surface area contributed by atoms with Gasteiger partial charge < -0.3 is 10.1 Å². The Morgan fingerprint density at radius 1 is 1.44 bits per heavy atom. The van der Waals surface area contributed by atoms with Crippen molar-refractivity contribution in [3.63, 3.8) is 0 Å². The summed E-state index contributed by atoms with van der Waals surface area (Å²) in [6.45, 7) is 5.40. The number of hydrogen-bond acceptors (Lipinski definition) is 2. The highest BCUT2D eigenvalue weighted by Gasteiger charge is 2.37. The fourth-order valence-electron chi connectivity index (χ4n) is 2.29. The fraction of sp³-hybridized carbons (Fsp3) is 0.571. The molecule has 0 saturated heterocycles. The molecular formula is C14H19NO. The smallest absolute Gasteiger partial charge is 0.123 e. The number of nitrogens with one attached hydrogen (secondary N) is 1. The average Bonchev–Trinajstić information content (AvgIpc) is 2.85. The minimum Gasteiger partial charge on any atom is -0.488 e. The van der Waals surface area contributed by atoms with Crippen LogP contribution in [0.15, 0.2) is 18.2 Å². The zero-order chi connectivity index (χ0) is 11.2. The monoisotopic (exact) mass is 217 g/mol. The molecule has 1 aromatic carbocycles. The Morgan fingerprint density at radius 3 is 3.00 bits per heavy atom. The Hall–Kier alpha value is -1.02. The number of aryl methyl sites for hydroxylation is 1. The molecule has 1 fully saturated rings. The van der Waals surface area contributed by atoms with E-state index in [4.69, 9.17) is 4.74 Å². The summed E-state index contributed by atoms with van der Waals surface area (Å²) in [7, 11) is 0.